The van der Waals surface area contributed by atoms with E-state index in [1.165, 1.54) is 17.8 Å². The molecule has 0 N–H and O–H groups in total. The summed E-state index contributed by atoms with van der Waals surface area (Å²) in [6, 6.07) is 33.6. The quantitative estimate of drug-likeness (QED) is 0.140. The van der Waals surface area contributed by atoms with Gasteiger partial charge < -0.3 is 4.74 Å². The molecule has 5 nitrogen and oxygen atoms in total. The molecule has 1 saturated heterocycles. The molecule has 1 fully saturated rings. The number of halogens is 1. The van der Waals surface area contributed by atoms with Crippen molar-refractivity contribution in [2.75, 3.05) is 0 Å². The van der Waals surface area contributed by atoms with E-state index in [-0.39, 0.29) is 18.3 Å². The summed E-state index contributed by atoms with van der Waals surface area (Å²) < 4.78 is 22.4. The maximum absolute atomic E-state index is 14.1. The molecule has 0 spiro atoms. The summed E-state index contributed by atoms with van der Waals surface area (Å²) in [6.45, 7) is 0.520. The number of rotatable bonds is 8. The lowest BCUT2D eigenvalue weighted by Crippen LogP contribution is -2.27. The summed E-state index contributed by atoms with van der Waals surface area (Å²) in [5.74, 6) is 0.140. The standard InChI is InChI=1S/C33H24FN3O2S2/c34-29-17-8-7-12-25(29)22-39-28-16-9-13-24(18-28)31-26(21-37(35-31)27-14-5-2-6-15-27)19-30-32(38)36(33(40)41-30)20-23-10-3-1-4-11-23/h1-19,21H,20,22H2. The van der Waals surface area contributed by atoms with Crippen molar-refractivity contribution in [3.05, 3.63) is 143 Å². The lowest BCUT2D eigenvalue weighted by atomic mass is 10.1. The molecule has 2 heterocycles. The number of aromatic nitrogens is 2. The Labute approximate surface area is 246 Å². The smallest absolute Gasteiger partial charge is 0.266 e. The van der Waals surface area contributed by atoms with Crippen molar-refractivity contribution in [3.8, 4) is 22.7 Å². The van der Waals surface area contributed by atoms with Crippen LogP contribution in [0, 0.1) is 5.82 Å². The number of ether oxygens (including phenoxy) is 1. The minimum Gasteiger partial charge on any atom is -0.489 e. The maximum Gasteiger partial charge on any atom is 0.266 e. The van der Waals surface area contributed by atoms with Gasteiger partial charge in [0, 0.05) is 22.9 Å². The van der Waals surface area contributed by atoms with Crippen LogP contribution < -0.4 is 4.74 Å². The predicted octanol–water partition coefficient (Wildman–Crippen LogP) is 7.66. The van der Waals surface area contributed by atoms with Gasteiger partial charge in [-0.15, -0.1) is 0 Å². The summed E-state index contributed by atoms with van der Waals surface area (Å²) in [4.78, 5) is 15.6. The van der Waals surface area contributed by atoms with Gasteiger partial charge in [0.1, 0.15) is 28.2 Å². The van der Waals surface area contributed by atoms with E-state index in [0.29, 0.717) is 32.8 Å². The molecule has 0 atom stereocenters. The molecular weight excluding hydrogens is 554 g/mol. The highest BCUT2D eigenvalue weighted by atomic mass is 32.2. The van der Waals surface area contributed by atoms with Crippen LogP contribution in [-0.4, -0.2) is 24.9 Å². The first-order valence-electron chi connectivity index (χ1n) is 13.0. The average Bonchev–Trinajstić information content (AvgIpc) is 3.54. The van der Waals surface area contributed by atoms with Crippen LogP contribution in [0.4, 0.5) is 4.39 Å². The summed E-state index contributed by atoms with van der Waals surface area (Å²) in [6.07, 6.45) is 3.75. The topological polar surface area (TPSA) is 47.4 Å². The van der Waals surface area contributed by atoms with Gasteiger partial charge in [0.25, 0.3) is 5.91 Å². The molecule has 41 heavy (non-hydrogen) atoms. The summed E-state index contributed by atoms with van der Waals surface area (Å²) >= 11 is 6.86. The van der Waals surface area contributed by atoms with Crippen molar-refractivity contribution in [1.82, 2.24) is 14.7 Å². The van der Waals surface area contributed by atoms with Gasteiger partial charge in [0.2, 0.25) is 0 Å². The van der Waals surface area contributed by atoms with Gasteiger partial charge in [0.15, 0.2) is 0 Å². The lowest BCUT2D eigenvalue weighted by molar-refractivity contribution is -0.122. The monoisotopic (exact) mass is 577 g/mol. The minimum atomic E-state index is -0.308. The fraction of sp³-hybridized carbons (Fsp3) is 0.0606. The van der Waals surface area contributed by atoms with Gasteiger partial charge in [-0.05, 0) is 42.0 Å². The third-order valence-corrected chi connectivity index (χ3v) is 7.94. The van der Waals surface area contributed by atoms with E-state index in [9.17, 15) is 9.18 Å². The van der Waals surface area contributed by atoms with Crippen LogP contribution in [0.2, 0.25) is 0 Å². The Bertz CT molecular complexity index is 1750. The first-order valence-corrected chi connectivity index (χ1v) is 14.2. The Morgan fingerprint density at radius 3 is 2.41 bits per heavy atom. The highest BCUT2D eigenvalue weighted by Gasteiger charge is 2.32. The number of thiocarbonyl (C=S) groups is 1. The van der Waals surface area contributed by atoms with Crippen molar-refractivity contribution in [2.24, 2.45) is 0 Å². The zero-order valence-electron chi connectivity index (χ0n) is 21.8. The molecule has 202 valence electrons. The molecule has 0 bridgehead atoms. The van der Waals surface area contributed by atoms with Gasteiger partial charge in [-0.25, -0.2) is 9.07 Å². The van der Waals surface area contributed by atoms with Crippen LogP contribution in [0.3, 0.4) is 0 Å². The van der Waals surface area contributed by atoms with Gasteiger partial charge >= 0.3 is 0 Å². The van der Waals surface area contributed by atoms with Crippen LogP contribution in [0.1, 0.15) is 16.7 Å². The number of thioether (sulfide) groups is 1. The molecule has 8 heteroatoms. The van der Waals surface area contributed by atoms with E-state index in [2.05, 4.69) is 0 Å². The van der Waals surface area contributed by atoms with Gasteiger partial charge in [-0.3, -0.25) is 9.69 Å². The maximum atomic E-state index is 14.1. The van der Waals surface area contributed by atoms with Crippen molar-refractivity contribution in [2.45, 2.75) is 13.2 Å². The lowest BCUT2D eigenvalue weighted by Gasteiger charge is -2.14. The summed E-state index contributed by atoms with van der Waals surface area (Å²) in [5.41, 5.74) is 4.62. The molecule has 1 aromatic heterocycles. The van der Waals surface area contributed by atoms with Gasteiger partial charge in [-0.1, -0.05) is 103 Å². The predicted molar refractivity (Wildman–Crippen MR) is 165 cm³/mol. The average molecular weight is 578 g/mol. The molecular formula is C33H24FN3O2S2. The van der Waals surface area contributed by atoms with E-state index in [0.717, 1.165) is 22.4 Å². The molecule has 0 aliphatic carbocycles. The normalized spacial score (nSPS) is 14.2. The van der Waals surface area contributed by atoms with E-state index in [1.807, 2.05) is 97.2 Å². The SMILES string of the molecule is O=C1C(=Cc2cn(-c3ccccc3)nc2-c2cccc(OCc3ccccc3F)c2)SC(=S)N1Cc1ccccc1. The van der Waals surface area contributed by atoms with Crippen molar-refractivity contribution >= 4 is 40.3 Å². The van der Waals surface area contributed by atoms with Gasteiger partial charge in [0.05, 0.1) is 17.1 Å². The van der Waals surface area contributed by atoms with Gasteiger partial charge in [-0.2, -0.15) is 5.10 Å². The molecule has 1 aliphatic heterocycles. The van der Waals surface area contributed by atoms with Crippen molar-refractivity contribution < 1.29 is 13.9 Å². The second-order valence-corrected chi connectivity index (χ2v) is 11.1. The van der Waals surface area contributed by atoms with Crippen molar-refractivity contribution in [3.63, 3.8) is 0 Å². The highest BCUT2D eigenvalue weighted by molar-refractivity contribution is 8.26. The third kappa shape index (κ3) is 5.99. The zero-order chi connectivity index (χ0) is 28.2. The first-order chi connectivity index (χ1) is 20.0. The number of hydrogen-bond donors (Lipinski definition) is 0. The Kier molecular flexibility index (Phi) is 7.75. The van der Waals surface area contributed by atoms with E-state index in [1.54, 1.807) is 27.8 Å². The van der Waals surface area contributed by atoms with E-state index < -0.39 is 0 Å². The highest BCUT2D eigenvalue weighted by Crippen LogP contribution is 2.36. The fourth-order valence-electron chi connectivity index (χ4n) is 4.48. The molecule has 1 aliphatic rings. The molecule has 6 rings (SSSR count). The Morgan fingerprint density at radius 2 is 1.63 bits per heavy atom. The Morgan fingerprint density at radius 1 is 0.902 bits per heavy atom. The molecule has 4 aromatic carbocycles. The number of para-hydroxylation sites is 1. The fourth-order valence-corrected chi connectivity index (χ4v) is 5.73. The zero-order valence-corrected chi connectivity index (χ0v) is 23.4. The summed E-state index contributed by atoms with van der Waals surface area (Å²) in [7, 11) is 0. The van der Waals surface area contributed by atoms with Crippen LogP contribution >= 0.6 is 24.0 Å². The molecule has 0 unspecified atom stereocenters. The first kappa shape index (κ1) is 26.7. The van der Waals surface area contributed by atoms with Crippen LogP contribution in [0.15, 0.2) is 120 Å². The Hall–Kier alpha value is -4.53. The second-order valence-electron chi connectivity index (χ2n) is 9.37. The Balaban J connectivity index is 1.33. The molecule has 0 radical (unpaired) electrons. The number of hydrogen-bond acceptors (Lipinski definition) is 5. The summed E-state index contributed by atoms with van der Waals surface area (Å²) in [5, 5.41) is 4.89. The molecule has 5 aromatic rings. The number of amides is 1. The van der Waals surface area contributed by atoms with E-state index >= 15 is 0 Å². The largest absolute Gasteiger partial charge is 0.489 e. The third-order valence-electron chi connectivity index (χ3n) is 6.57. The number of benzene rings is 4. The van der Waals surface area contributed by atoms with E-state index in [4.69, 9.17) is 22.1 Å². The molecule has 1 amide bonds. The van der Waals surface area contributed by atoms with Crippen LogP contribution in [0.5, 0.6) is 5.75 Å². The number of nitrogens with zero attached hydrogens (tertiary/aromatic N) is 3. The van der Waals surface area contributed by atoms with Crippen LogP contribution in [0.25, 0.3) is 23.0 Å². The number of carbonyl (C=O) groups excluding carboxylic acids is 1. The second kappa shape index (κ2) is 11.9. The molecule has 0 saturated carbocycles. The number of carbonyl (C=O) groups is 1. The van der Waals surface area contributed by atoms with Crippen LogP contribution in [-0.2, 0) is 17.9 Å². The minimum absolute atomic E-state index is 0.103. The van der Waals surface area contributed by atoms with Crippen molar-refractivity contribution in [1.29, 1.82) is 0 Å².